The molecule has 0 fully saturated rings. The largest absolute Gasteiger partial charge is 2.00 e. The van der Waals surface area contributed by atoms with E-state index in [9.17, 15) is 0 Å². The summed E-state index contributed by atoms with van der Waals surface area (Å²) in [5.74, 6) is 8.83. The second kappa shape index (κ2) is 17.0. The zero-order valence-corrected chi connectivity index (χ0v) is 12.1. The first-order valence-corrected chi connectivity index (χ1v) is 5.82. The van der Waals surface area contributed by atoms with Crippen molar-refractivity contribution < 1.29 is 74.8 Å². The van der Waals surface area contributed by atoms with Crippen molar-refractivity contribution in [3.05, 3.63) is 0 Å². The number of hydrogen-bond acceptors (Lipinski definition) is 12. The summed E-state index contributed by atoms with van der Waals surface area (Å²) in [5, 5.41) is 5.72. The van der Waals surface area contributed by atoms with Gasteiger partial charge in [-0.15, -0.1) is 30.7 Å². The van der Waals surface area contributed by atoms with Crippen LogP contribution in [0.4, 0.5) is 0 Å². The predicted octanol–water partition coefficient (Wildman–Crippen LogP) is -13.2. The van der Waals surface area contributed by atoms with Gasteiger partial charge in [-0.2, -0.15) is 0 Å². The average Bonchev–Trinajstić information content (AvgIpc) is 2.13. The average molecular weight is 411 g/mol. The van der Waals surface area contributed by atoms with Crippen molar-refractivity contribution in [2.24, 2.45) is 44.8 Å². The van der Waals surface area contributed by atoms with E-state index in [1.807, 2.05) is 0 Å². The van der Waals surface area contributed by atoms with E-state index in [2.05, 4.69) is 21.9 Å². The molecule has 21 heavy (non-hydrogen) atoms. The second-order valence-corrected chi connectivity index (χ2v) is 3.38. The molecule has 0 aliphatic rings. The Morgan fingerprint density at radius 1 is 0.571 bits per heavy atom. The first-order valence-electron chi connectivity index (χ1n) is 3.35. The van der Waals surface area contributed by atoms with Crippen molar-refractivity contribution >= 4 is 11.9 Å². The first kappa shape index (κ1) is 32.0. The Labute approximate surface area is 132 Å². The van der Waals surface area contributed by atoms with Gasteiger partial charge < -0.3 is 34.6 Å². The van der Waals surface area contributed by atoms with Crippen LogP contribution in [-0.2, 0) is 17.1 Å². The third-order valence-corrected chi connectivity index (χ3v) is 0.298. The summed E-state index contributed by atoms with van der Waals surface area (Å²) in [4.78, 5) is 0. The molecular weight excluding hydrogens is 399 g/mol. The summed E-state index contributed by atoms with van der Waals surface area (Å²) < 4.78 is 67.9. The van der Waals surface area contributed by atoms with Gasteiger partial charge in [-0.1, -0.05) is 0 Å². The normalized spacial score (nSPS) is 8.76. The molecule has 16 nitrogen and oxygen atoms in total. The maximum absolute atomic E-state index is 8.49. The van der Waals surface area contributed by atoms with Crippen molar-refractivity contribution in [3.8, 4) is 0 Å². The Hall–Kier alpha value is -1.08. The van der Waals surface area contributed by atoms with Gasteiger partial charge in [0.05, 0.1) is 0 Å². The molecule has 0 aromatic rings. The van der Waals surface area contributed by atoms with Gasteiger partial charge in [0.1, 0.15) is 0 Å². The SMILES string of the molecule is NN=C(N)N.NN=C(N)N.[Cu+2].[O-][Cl+3]([O-])([O-])[O-].[O-][Cl+3]([O-])([O-])[O-]. The van der Waals surface area contributed by atoms with Gasteiger partial charge in [0.15, 0.2) is 0 Å². The van der Waals surface area contributed by atoms with E-state index in [0.717, 1.165) is 0 Å². The first-order chi connectivity index (χ1) is 8.54. The molecule has 0 bridgehead atoms. The summed E-state index contributed by atoms with van der Waals surface area (Å²) in [6.45, 7) is 0. The van der Waals surface area contributed by atoms with E-state index in [0.29, 0.717) is 0 Å². The number of halogens is 2. The van der Waals surface area contributed by atoms with Crippen molar-refractivity contribution in [3.63, 3.8) is 0 Å². The zero-order valence-electron chi connectivity index (χ0n) is 9.68. The minimum atomic E-state index is -4.94. The van der Waals surface area contributed by atoms with Gasteiger partial charge in [-0.3, -0.25) is 0 Å². The molecular formula is C2H12Cl2CuN8O8. The molecule has 0 saturated heterocycles. The molecule has 0 unspecified atom stereocenters. The molecule has 0 spiro atoms. The van der Waals surface area contributed by atoms with Gasteiger partial charge in [0.25, 0.3) is 0 Å². The van der Waals surface area contributed by atoms with E-state index in [1.54, 1.807) is 0 Å². The van der Waals surface area contributed by atoms with Crippen molar-refractivity contribution in [2.45, 2.75) is 0 Å². The quantitative estimate of drug-likeness (QED) is 0.0709. The Morgan fingerprint density at radius 2 is 0.619 bits per heavy atom. The van der Waals surface area contributed by atoms with Crippen molar-refractivity contribution in [1.82, 2.24) is 0 Å². The van der Waals surface area contributed by atoms with Crippen LogP contribution in [0.15, 0.2) is 10.2 Å². The van der Waals surface area contributed by atoms with Crippen LogP contribution in [0.1, 0.15) is 0 Å². The number of nitrogens with two attached hydrogens (primary N) is 6. The number of nitrogens with zero attached hydrogens (tertiary/aromatic N) is 2. The molecule has 0 aliphatic carbocycles. The minimum Gasteiger partial charge on any atom is -0.369 e. The molecule has 0 saturated carbocycles. The van der Waals surface area contributed by atoms with E-state index in [1.165, 1.54) is 0 Å². The fraction of sp³-hybridized carbons (Fsp3) is 0. The second-order valence-electron chi connectivity index (χ2n) is 1.86. The van der Waals surface area contributed by atoms with Crippen LogP contribution >= 0.6 is 0 Å². The summed E-state index contributed by atoms with van der Waals surface area (Å²) in [5.41, 5.74) is 18.8. The Kier molecular flexibility index (Phi) is 25.9. The number of guanidine groups is 2. The molecule has 0 aliphatic heterocycles. The van der Waals surface area contributed by atoms with Crippen molar-refractivity contribution in [1.29, 1.82) is 0 Å². The molecule has 133 valence electrons. The van der Waals surface area contributed by atoms with Gasteiger partial charge in [0, 0.05) is 0 Å². The van der Waals surface area contributed by atoms with Gasteiger partial charge in [0.2, 0.25) is 11.9 Å². The van der Waals surface area contributed by atoms with Crippen LogP contribution in [0, 0.1) is 20.5 Å². The Balaban J connectivity index is -0.0000000533. The summed E-state index contributed by atoms with van der Waals surface area (Å²) in [6.07, 6.45) is 0. The fourth-order valence-electron chi connectivity index (χ4n) is 0. The maximum Gasteiger partial charge on any atom is 2.00 e. The zero-order chi connectivity index (χ0) is 17.6. The molecule has 0 heterocycles. The van der Waals surface area contributed by atoms with Crippen molar-refractivity contribution in [2.75, 3.05) is 0 Å². The van der Waals surface area contributed by atoms with E-state index in [4.69, 9.17) is 60.2 Å². The molecule has 12 N–H and O–H groups in total. The van der Waals surface area contributed by atoms with Crippen LogP contribution in [0.5, 0.6) is 0 Å². The Bertz CT molecular complexity index is 230. The summed E-state index contributed by atoms with van der Waals surface area (Å²) >= 11 is 0. The number of hydrazone groups is 2. The smallest absolute Gasteiger partial charge is 0.369 e. The summed E-state index contributed by atoms with van der Waals surface area (Å²) in [6, 6.07) is 0. The molecule has 0 rings (SSSR count). The monoisotopic (exact) mass is 409 g/mol. The summed E-state index contributed by atoms with van der Waals surface area (Å²) in [7, 11) is -9.89. The predicted molar refractivity (Wildman–Crippen MR) is 40.0 cm³/mol. The van der Waals surface area contributed by atoms with Gasteiger partial charge in [-0.25, -0.2) is 37.3 Å². The van der Waals surface area contributed by atoms with E-state index in [-0.39, 0.29) is 29.0 Å². The van der Waals surface area contributed by atoms with Crippen LogP contribution in [0.2, 0.25) is 0 Å². The van der Waals surface area contributed by atoms with Crippen LogP contribution in [0.3, 0.4) is 0 Å². The minimum absolute atomic E-state index is 0. The molecule has 0 aromatic heterocycles. The van der Waals surface area contributed by atoms with Crippen LogP contribution < -0.4 is 71.9 Å². The standard InChI is InChI=1S/2CH6N4.2ClHO4.Cu/c2*2-1(3)5-4;2*2-1(3,4)5;/h2*4H2,(H4,2,3,5);2*(H,2,3,4,5);/q;;;;+2/p-2. The van der Waals surface area contributed by atoms with Crippen LogP contribution in [0.25, 0.3) is 0 Å². The van der Waals surface area contributed by atoms with Gasteiger partial charge in [-0.05, 0) is 0 Å². The Morgan fingerprint density at radius 3 is 0.619 bits per heavy atom. The third-order valence-electron chi connectivity index (χ3n) is 0.298. The molecule has 1 radical (unpaired) electrons. The van der Waals surface area contributed by atoms with Gasteiger partial charge >= 0.3 is 17.1 Å². The molecule has 0 aromatic carbocycles. The maximum atomic E-state index is 8.49. The van der Waals surface area contributed by atoms with E-state index >= 15 is 0 Å². The number of hydrogen-bond donors (Lipinski definition) is 6. The topological polar surface area (TPSA) is 365 Å². The fourth-order valence-corrected chi connectivity index (χ4v) is 0. The molecule has 0 atom stereocenters. The van der Waals surface area contributed by atoms with Crippen LogP contribution in [-0.4, -0.2) is 11.9 Å². The molecule has 19 heteroatoms. The number of rotatable bonds is 0. The van der Waals surface area contributed by atoms with E-state index < -0.39 is 20.5 Å². The third kappa shape index (κ3) is 635. The molecule has 0 amide bonds.